The van der Waals surface area contributed by atoms with Gasteiger partial charge in [0.2, 0.25) is 5.91 Å². The fraction of sp³-hybridized carbons (Fsp3) is 0.476. The van der Waals surface area contributed by atoms with Crippen molar-refractivity contribution in [2.75, 3.05) is 36.4 Å². The maximum atomic E-state index is 12.7. The zero-order chi connectivity index (χ0) is 18.6. The second-order valence-corrected chi connectivity index (χ2v) is 7.60. The Morgan fingerprint density at radius 1 is 1.07 bits per heavy atom. The molecule has 1 aromatic carbocycles. The molecule has 2 N–H and O–H groups in total. The van der Waals surface area contributed by atoms with E-state index in [2.05, 4.69) is 37.9 Å². The van der Waals surface area contributed by atoms with Gasteiger partial charge in [-0.25, -0.2) is 0 Å². The molecule has 2 aliphatic heterocycles. The number of aryl methyl sites for hydroxylation is 1. The number of carbonyl (C=O) groups excluding carboxylic acids is 1. The molecular weight excluding hydrogens is 338 g/mol. The summed E-state index contributed by atoms with van der Waals surface area (Å²) in [7, 11) is 0. The highest BCUT2D eigenvalue weighted by Gasteiger charge is 2.29. The van der Waals surface area contributed by atoms with Crippen molar-refractivity contribution in [1.29, 1.82) is 0 Å². The van der Waals surface area contributed by atoms with Crippen LogP contribution >= 0.6 is 0 Å². The van der Waals surface area contributed by atoms with E-state index in [0.717, 1.165) is 43.3 Å². The number of carbonyl (C=O) groups is 1. The summed E-state index contributed by atoms with van der Waals surface area (Å²) in [6, 6.07) is 12.3. The Kier molecular flexibility index (Phi) is 5.34. The minimum atomic E-state index is -0.0165. The Balaban J connectivity index is 1.33. The van der Waals surface area contributed by atoms with E-state index >= 15 is 0 Å². The van der Waals surface area contributed by atoms with Crippen LogP contribution in [-0.2, 0) is 4.79 Å². The van der Waals surface area contributed by atoms with Crippen LogP contribution in [0.4, 0.5) is 11.5 Å². The van der Waals surface area contributed by atoms with Gasteiger partial charge in [-0.2, -0.15) is 5.10 Å². The Morgan fingerprint density at radius 3 is 2.56 bits per heavy atom. The number of piperidine rings is 1. The van der Waals surface area contributed by atoms with Gasteiger partial charge in [0.15, 0.2) is 5.82 Å². The fourth-order valence-electron chi connectivity index (χ4n) is 3.98. The maximum absolute atomic E-state index is 12.7. The van der Waals surface area contributed by atoms with E-state index in [9.17, 15) is 4.79 Å². The molecule has 3 heterocycles. The van der Waals surface area contributed by atoms with E-state index in [-0.39, 0.29) is 11.8 Å². The van der Waals surface area contributed by atoms with Crippen molar-refractivity contribution in [2.24, 2.45) is 5.92 Å². The lowest BCUT2D eigenvalue weighted by molar-refractivity contribution is -0.119. The second-order valence-electron chi connectivity index (χ2n) is 7.60. The Morgan fingerprint density at radius 2 is 1.85 bits per heavy atom. The summed E-state index contributed by atoms with van der Waals surface area (Å²) >= 11 is 0. The van der Waals surface area contributed by atoms with Gasteiger partial charge in [-0.1, -0.05) is 12.1 Å². The number of aromatic nitrogens is 2. The van der Waals surface area contributed by atoms with Gasteiger partial charge >= 0.3 is 0 Å². The maximum Gasteiger partial charge on any atom is 0.229 e. The highest BCUT2D eigenvalue weighted by molar-refractivity contribution is 5.93. The van der Waals surface area contributed by atoms with Crippen LogP contribution in [-0.4, -0.2) is 42.3 Å². The van der Waals surface area contributed by atoms with Gasteiger partial charge in [0.05, 0.1) is 11.6 Å². The van der Waals surface area contributed by atoms with Crippen molar-refractivity contribution in [2.45, 2.75) is 32.1 Å². The third-order valence-electron chi connectivity index (χ3n) is 5.66. The molecule has 142 valence electrons. The molecule has 0 spiro atoms. The summed E-state index contributed by atoms with van der Waals surface area (Å²) in [6.07, 6.45) is 3.21. The summed E-state index contributed by atoms with van der Waals surface area (Å²) < 4.78 is 0. The molecule has 6 heteroatoms. The number of amides is 1. The molecule has 2 aliphatic rings. The molecule has 2 fully saturated rings. The number of anilines is 2. The SMILES string of the molecule is Cc1ccc(N2CC[C@H](C(=O)Nc3ccc(C4CCNCC4)cc3)C2)nn1. The van der Waals surface area contributed by atoms with E-state index in [0.29, 0.717) is 12.5 Å². The minimum absolute atomic E-state index is 0.0165. The fourth-order valence-corrected chi connectivity index (χ4v) is 3.98. The first-order valence-corrected chi connectivity index (χ1v) is 9.86. The number of rotatable bonds is 4. The number of nitrogens with zero attached hydrogens (tertiary/aromatic N) is 3. The van der Waals surface area contributed by atoms with Crippen molar-refractivity contribution in [3.63, 3.8) is 0 Å². The molecule has 1 atom stereocenters. The van der Waals surface area contributed by atoms with Crippen molar-refractivity contribution in [3.05, 3.63) is 47.7 Å². The normalized spacial score (nSPS) is 20.6. The third kappa shape index (κ3) is 4.27. The lowest BCUT2D eigenvalue weighted by Gasteiger charge is -2.23. The summed E-state index contributed by atoms with van der Waals surface area (Å²) in [5, 5.41) is 14.8. The molecular formula is C21H27N5O. The van der Waals surface area contributed by atoms with E-state index in [1.54, 1.807) is 0 Å². The number of nitrogens with one attached hydrogen (secondary N) is 2. The predicted molar refractivity (Wildman–Crippen MR) is 107 cm³/mol. The van der Waals surface area contributed by atoms with Crippen molar-refractivity contribution >= 4 is 17.4 Å². The first-order valence-electron chi connectivity index (χ1n) is 9.86. The summed E-state index contributed by atoms with van der Waals surface area (Å²) in [6.45, 7) is 5.63. The Bertz CT molecular complexity index is 768. The van der Waals surface area contributed by atoms with Crippen LogP contribution in [0.2, 0.25) is 0 Å². The first-order chi connectivity index (χ1) is 13.2. The van der Waals surface area contributed by atoms with Crippen LogP contribution in [0, 0.1) is 12.8 Å². The molecule has 0 saturated carbocycles. The zero-order valence-corrected chi connectivity index (χ0v) is 15.8. The van der Waals surface area contributed by atoms with Gasteiger partial charge < -0.3 is 15.5 Å². The zero-order valence-electron chi connectivity index (χ0n) is 15.8. The molecule has 6 nitrogen and oxygen atoms in total. The van der Waals surface area contributed by atoms with Crippen molar-refractivity contribution < 1.29 is 4.79 Å². The molecule has 0 aliphatic carbocycles. The van der Waals surface area contributed by atoms with Crippen molar-refractivity contribution in [1.82, 2.24) is 15.5 Å². The lowest BCUT2D eigenvalue weighted by atomic mass is 9.90. The third-order valence-corrected chi connectivity index (χ3v) is 5.66. The largest absolute Gasteiger partial charge is 0.354 e. The van der Waals surface area contributed by atoms with E-state index in [1.807, 2.05) is 31.2 Å². The number of hydrogen-bond acceptors (Lipinski definition) is 5. The standard InChI is InChI=1S/C21H27N5O/c1-15-2-7-20(25-24-15)26-13-10-18(14-26)21(27)23-19-5-3-16(4-6-19)17-8-11-22-12-9-17/h2-7,17-18,22H,8-14H2,1H3,(H,23,27)/t18-/m0/s1. The Hall–Kier alpha value is -2.47. The van der Waals surface area contributed by atoms with Gasteiger partial charge in [-0.3, -0.25) is 4.79 Å². The van der Waals surface area contributed by atoms with Gasteiger partial charge in [0.25, 0.3) is 0 Å². The highest BCUT2D eigenvalue weighted by Crippen LogP contribution is 2.27. The molecule has 2 saturated heterocycles. The minimum Gasteiger partial charge on any atom is -0.354 e. The number of hydrogen-bond donors (Lipinski definition) is 2. The van der Waals surface area contributed by atoms with Gasteiger partial charge in [-0.15, -0.1) is 5.10 Å². The lowest BCUT2D eigenvalue weighted by Crippen LogP contribution is -2.27. The van der Waals surface area contributed by atoms with Crippen molar-refractivity contribution in [3.8, 4) is 0 Å². The molecule has 1 aromatic heterocycles. The average Bonchev–Trinajstić information content (AvgIpc) is 3.20. The van der Waals surface area contributed by atoms with Crippen LogP contribution in [0.15, 0.2) is 36.4 Å². The van der Waals surface area contributed by atoms with Crippen LogP contribution in [0.3, 0.4) is 0 Å². The summed E-state index contributed by atoms with van der Waals surface area (Å²) in [4.78, 5) is 14.8. The first kappa shape index (κ1) is 17.9. The monoisotopic (exact) mass is 365 g/mol. The molecule has 1 amide bonds. The van der Waals surface area contributed by atoms with Gasteiger partial charge in [-0.05, 0) is 75.0 Å². The Labute approximate surface area is 160 Å². The van der Waals surface area contributed by atoms with Crippen LogP contribution in [0.1, 0.15) is 36.4 Å². The smallest absolute Gasteiger partial charge is 0.229 e. The predicted octanol–water partition coefficient (Wildman–Crippen LogP) is 2.72. The van der Waals surface area contributed by atoms with Crippen LogP contribution in [0.5, 0.6) is 0 Å². The molecule has 0 bridgehead atoms. The molecule has 4 rings (SSSR count). The molecule has 27 heavy (non-hydrogen) atoms. The average molecular weight is 365 g/mol. The van der Waals surface area contributed by atoms with Crippen LogP contribution in [0.25, 0.3) is 0 Å². The number of benzene rings is 1. The quantitative estimate of drug-likeness (QED) is 0.872. The van der Waals surface area contributed by atoms with E-state index < -0.39 is 0 Å². The van der Waals surface area contributed by atoms with E-state index in [1.165, 1.54) is 18.4 Å². The highest BCUT2D eigenvalue weighted by atomic mass is 16.1. The second kappa shape index (κ2) is 8.05. The van der Waals surface area contributed by atoms with E-state index in [4.69, 9.17) is 0 Å². The summed E-state index contributed by atoms with van der Waals surface area (Å²) in [5.74, 6) is 1.56. The molecule has 0 unspecified atom stereocenters. The summed E-state index contributed by atoms with van der Waals surface area (Å²) in [5.41, 5.74) is 3.16. The topological polar surface area (TPSA) is 70.2 Å². The molecule has 2 aromatic rings. The molecule has 0 radical (unpaired) electrons. The van der Waals surface area contributed by atoms with Gasteiger partial charge in [0, 0.05) is 18.8 Å². The van der Waals surface area contributed by atoms with Gasteiger partial charge in [0.1, 0.15) is 0 Å². The van der Waals surface area contributed by atoms with Crippen LogP contribution < -0.4 is 15.5 Å².